The largest absolute Gasteiger partial charge is 0.405 e. The molecule has 3 rings (SSSR count). The van der Waals surface area contributed by atoms with Gasteiger partial charge in [0.25, 0.3) is 0 Å². The van der Waals surface area contributed by atoms with Crippen molar-refractivity contribution < 1.29 is 18.0 Å². The third kappa shape index (κ3) is 6.29. The second-order valence-electron chi connectivity index (χ2n) is 6.30. The lowest BCUT2D eigenvalue weighted by atomic mass is 10.2. The van der Waals surface area contributed by atoms with Gasteiger partial charge >= 0.3 is 6.18 Å². The number of fused-ring (bicyclic) bond motifs is 1. The Bertz CT molecular complexity index is 784. The molecule has 1 atom stereocenters. The van der Waals surface area contributed by atoms with Gasteiger partial charge in [-0.15, -0.1) is 24.8 Å². The molecule has 14 heteroatoms. The lowest BCUT2D eigenvalue weighted by molar-refractivity contribution is -0.183. The van der Waals surface area contributed by atoms with Crippen LogP contribution < -0.4 is 15.5 Å². The fourth-order valence-electron chi connectivity index (χ4n) is 3.04. The Hall–Kier alpha value is -1.89. The summed E-state index contributed by atoms with van der Waals surface area (Å²) in [6.45, 7) is 0.947. The number of imidazole rings is 1. The minimum Gasteiger partial charge on any atom is -0.353 e. The normalized spacial score (nSPS) is 15.9. The monoisotopic (exact) mass is 458 g/mol. The Labute approximate surface area is 177 Å². The Morgan fingerprint density at radius 1 is 1.28 bits per heavy atom. The summed E-state index contributed by atoms with van der Waals surface area (Å²) < 4.78 is 40.1. The minimum absolute atomic E-state index is 0. The number of aromatic nitrogens is 4. The van der Waals surface area contributed by atoms with E-state index in [9.17, 15) is 18.0 Å². The number of aromatic amines is 1. The summed E-state index contributed by atoms with van der Waals surface area (Å²) in [6.07, 6.45) is -1.64. The summed E-state index contributed by atoms with van der Waals surface area (Å²) in [6, 6.07) is -1.70. The molecule has 1 fully saturated rings. The smallest absolute Gasteiger partial charge is 0.353 e. The molecule has 0 radical (unpaired) electrons. The van der Waals surface area contributed by atoms with Gasteiger partial charge in [0.1, 0.15) is 17.9 Å². The lowest BCUT2D eigenvalue weighted by Gasteiger charge is -2.36. The van der Waals surface area contributed by atoms with Gasteiger partial charge in [0.05, 0.1) is 12.9 Å². The van der Waals surface area contributed by atoms with E-state index in [4.69, 9.17) is 0 Å². The number of nitrogens with zero attached hydrogens (tertiary/aromatic N) is 5. The number of anilines is 1. The number of rotatable bonds is 6. The first kappa shape index (κ1) is 25.1. The van der Waals surface area contributed by atoms with Crippen LogP contribution in [0, 0.1) is 0 Å². The Kier molecular flexibility index (Phi) is 9.33. The van der Waals surface area contributed by atoms with Crippen LogP contribution in [0.1, 0.15) is 0 Å². The summed E-state index contributed by atoms with van der Waals surface area (Å²) in [5, 5.41) is 5.42. The number of H-pyrrole nitrogens is 1. The molecule has 1 saturated heterocycles. The average molecular weight is 459 g/mol. The molecule has 9 nitrogen and oxygen atoms in total. The van der Waals surface area contributed by atoms with Crippen molar-refractivity contribution in [1.82, 2.24) is 35.5 Å². The van der Waals surface area contributed by atoms with Crippen LogP contribution in [0.4, 0.5) is 19.0 Å². The van der Waals surface area contributed by atoms with Crippen LogP contribution in [-0.4, -0.2) is 89.3 Å². The second-order valence-corrected chi connectivity index (χ2v) is 6.30. The van der Waals surface area contributed by atoms with Crippen LogP contribution in [0.15, 0.2) is 12.7 Å². The van der Waals surface area contributed by atoms with Gasteiger partial charge in [-0.3, -0.25) is 9.69 Å². The molecule has 164 valence electrons. The molecule has 1 aliphatic heterocycles. The molecule has 3 N–H and O–H groups in total. The van der Waals surface area contributed by atoms with E-state index >= 15 is 0 Å². The number of piperazine rings is 1. The predicted octanol–water partition coefficient (Wildman–Crippen LogP) is 0.585. The molecule has 1 amide bonds. The number of nitrogens with one attached hydrogen (secondary N) is 3. The number of likely N-dealkylation sites (N-methyl/N-ethyl adjacent to an activating group) is 1. The Balaban J connectivity index is 0.00000210. The van der Waals surface area contributed by atoms with Gasteiger partial charge in [-0.05, 0) is 0 Å². The molecule has 1 unspecified atom stereocenters. The highest BCUT2D eigenvalue weighted by Crippen LogP contribution is 2.25. The summed E-state index contributed by atoms with van der Waals surface area (Å²) in [7, 11) is 1.62. The van der Waals surface area contributed by atoms with E-state index in [1.807, 2.05) is 0 Å². The molecule has 0 aliphatic carbocycles. The molecule has 0 saturated carbocycles. The number of hydrogen-bond acceptors (Lipinski definition) is 7. The zero-order chi connectivity index (χ0) is 19.4. The zero-order valence-corrected chi connectivity index (χ0v) is 17.2. The second kappa shape index (κ2) is 10.8. The van der Waals surface area contributed by atoms with Gasteiger partial charge in [-0.25, -0.2) is 15.0 Å². The van der Waals surface area contributed by atoms with Crippen molar-refractivity contribution in [2.24, 2.45) is 0 Å². The molecule has 1 aliphatic rings. The third-order valence-corrected chi connectivity index (χ3v) is 4.41. The summed E-state index contributed by atoms with van der Waals surface area (Å²) >= 11 is 0. The van der Waals surface area contributed by atoms with Gasteiger partial charge < -0.3 is 20.5 Å². The van der Waals surface area contributed by atoms with Crippen LogP contribution in [0.25, 0.3) is 11.2 Å². The topological polar surface area (TPSA) is 102 Å². The fourth-order valence-corrected chi connectivity index (χ4v) is 3.04. The Morgan fingerprint density at radius 2 is 1.97 bits per heavy atom. The van der Waals surface area contributed by atoms with E-state index in [-0.39, 0.29) is 31.4 Å². The number of carbonyl (C=O) groups excluding carboxylic acids is 1. The number of amides is 1. The molecule has 2 aromatic rings. The molecular weight excluding hydrogens is 436 g/mol. The molecular formula is C15H23Cl2F3N8O. The molecule has 29 heavy (non-hydrogen) atoms. The van der Waals surface area contributed by atoms with Crippen LogP contribution in [0.2, 0.25) is 0 Å². The van der Waals surface area contributed by atoms with Gasteiger partial charge in [0, 0.05) is 39.8 Å². The van der Waals surface area contributed by atoms with Gasteiger partial charge in [-0.1, -0.05) is 0 Å². The Morgan fingerprint density at radius 3 is 2.62 bits per heavy atom. The van der Waals surface area contributed by atoms with E-state index in [2.05, 4.69) is 30.6 Å². The first-order chi connectivity index (χ1) is 12.9. The van der Waals surface area contributed by atoms with Gasteiger partial charge in [-0.2, -0.15) is 13.2 Å². The molecule has 0 aromatic carbocycles. The van der Waals surface area contributed by atoms with E-state index in [1.54, 1.807) is 7.05 Å². The highest BCUT2D eigenvalue weighted by Gasteiger charge is 2.43. The van der Waals surface area contributed by atoms with Crippen molar-refractivity contribution in [3.8, 4) is 0 Å². The maximum absolute atomic E-state index is 13.4. The fraction of sp³-hybridized carbons (Fsp3) is 0.600. The van der Waals surface area contributed by atoms with Crippen molar-refractivity contribution in [2.75, 3.05) is 51.2 Å². The molecule has 3 heterocycles. The summed E-state index contributed by atoms with van der Waals surface area (Å²) in [4.78, 5) is 30.1. The number of hydrogen-bond donors (Lipinski definition) is 3. The maximum Gasteiger partial charge on any atom is 0.405 e. The summed E-state index contributed by atoms with van der Waals surface area (Å²) in [5.41, 5.74) is 1.00. The van der Waals surface area contributed by atoms with Gasteiger partial charge in [0.2, 0.25) is 5.91 Å². The van der Waals surface area contributed by atoms with E-state index in [0.717, 1.165) is 0 Å². The lowest BCUT2D eigenvalue weighted by Crippen LogP contribution is -2.58. The van der Waals surface area contributed by atoms with Crippen molar-refractivity contribution in [3.63, 3.8) is 0 Å². The first-order valence-corrected chi connectivity index (χ1v) is 8.49. The maximum atomic E-state index is 13.4. The van der Waals surface area contributed by atoms with E-state index in [1.165, 1.54) is 22.5 Å². The van der Waals surface area contributed by atoms with Crippen LogP contribution in [-0.2, 0) is 4.79 Å². The van der Waals surface area contributed by atoms with Crippen molar-refractivity contribution in [3.05, 3.63) is 12.7 Å². The van der Waals surface area contributed by atoms with Crippen molar-refractivity contribution in [2.45, 2.75) is 12.2 Å². The predicted molar refractivity (Wildman–Crippen MR) is 107 cm³/mol. The van der Waals surface area contributed by atoms with Crippen LogP contribution in [0.5, 0.6) is 0 Å². The molecule has 0 bridgehead atoms. The van der Waals surface area contributed by atoms with E-state index in [0.29, 0.717) is 43.2 Å². The van der Waals surface area contributed by atoms with Crippen LogP contribution >= 0.6 is 24.8 Å². The number of carbonyl (C=O) groups is 1. The number of alkyl halides is 3. The molecule has 0 spiro atoms. The summed E-state index contributed by atoms with van der Waals surface area (Å²) in [5.74, 6) is -0.0738. The van der Waals surface area contributed by atoms with Crippen molar-refractivity contribution >= 4 is 47.7 Å². The van der Waals surface area contributed by atoms with Crippen molar-refractivity contribution in [1.29, 1.82) is 0 Å². The minimum atomic E-state index is -4.41. The quantitative estimate of drug-likeness (QED) is 0.581. The standard InChI is InChI=1S/C15H21F3N8O.2ClH/c1-25(14-12-13(22-8-21-12)23-9-24-14)7-11(27)20-6-10(15(16,17)18)26-4-2-19-3-5-26;;/h8-10,19H,2-7H2,1H3,(H,20,27)(H,21,22,23,24);2*1H. The highest BCUT2D eigenvalue weighted by atomic mass is 35.5. The SMILES string of the molecule is CN(CC(=O)NCC(N1CCNCC1)C(F)(F)F)c1ncnc2nc[nH]c12.Cl.Cl. The molecule has 2 aromatic heterocycles. The third-order valence-electron chi connectivity index (χ3n) is 4.41. The highest BCUT2D eigenvalue weighted by molar-refractivity contribution is 5.87. The zero-order valence-electron chi connectivity index (χ0n) is 15.6. The van der Waals surface area contributed by atoms with E-state index < -0.39 is 24.7 Å². The number of halogens is 5. The average Bonchev–Trinajstić information content (AvgIpc) is 3.10. The first-order valence-electron chi connectivity index (χ1n) is 8.49. The van der Waals surface area contributed by atoms with Gasteiger partial charge in [0.15, 0.2) is 11.5 Å². The van der Waals surface area contributed by atoms with Crippen LogP contribution in [0.3, 0.4) is 0 Å².